The lowest BCUT2D eigenvalue weighted by molar-refractivity contribution is -0.120. The number of hydrogen-bond donors (Lipinski definition) is 2. The number of aromatic nitrogens is 3. The SMILES string of the molecule is C[C@H]1CCCC[C@@H]1NC(=O)CSc1nnc(-c2ccco2)n1CC(N)=O. The van der Waals surface area contributed by atoms with Gasteiger partial charge < -0.3 is 15.5 Å². The second-order valence-corrected chi connectivity index (χ2v) is 7.50. The van der Waals surface area contributed by atoms with Gasteiger partial charge in [0, 0.05) is 6.04 Å². The van der Waals surface area contributed by atoms with Gasteiger partial charge in [0.05, 0.1) is 12.0 Å². The number of carbonyl (C=O) groups excluding carboxylic acids is 2. The largest absolute Gasteiger partial charge is 0.461 e. The van der Waals surface area contributed by atoms with Gasteiger partial charge in [-0.25, -0.2) is 0 Å². The van der Waals surface area contributed by atoms with Crippen LogP contribution in [0.25, 0.3) is 11.6 Å². The molecule has 8 nitrogen and oxygen atoms in total. The number of nitrogens with zero attached hydrogens (tertiary/aromatic N) is 3. The number of hydrogen-bond acceptors (Lipinski definition) is 6. The summed E-state index contributed by atoms with van der Waals surface area (Å²) in [6, 6.07) is 3.69. The van der Waals surface area contributed by atoms with Gasteiger partial charge in [0.2, 0.25) is 17.6 Å². The Kier molecular flexibility index (Phi) is 5.97. The average molecular weight is 377 g/mol. The monoisotopic (exact) mass is 377 g/mol. The number of nitrogens with two attached hydrogens (primary N) is 1. The van der Waals surface area contributed by atoms with E-state index in [9.17, 15) is 9.59 Å². The van der Waals surface area contributed by atoms with Crippen molar-refractivity contribution in [3.63, 3.8) is 0 Å². The first-order chi connectivity index (χ1) is 12.5. The Bertz CT molecular complexity index is 759. The number of thioether (sulfide) groups is 1. The van der Waals surface area contributed by atoms with Crippen LogP contribution >= 0.6 is 11.8 Å². The van der Waals surface area contributed by atoms with Crippen LogP contribution in [-0.2, 0) is 16.1 Å². The Morgan fingerprint density at radius 1 is 1.38 bits per heavy atom. The lowest BCUT2D eigenvalue weighted by Crippen LogP contribution is -2.41. The van der Waals surface area contributed by atoms with E-state index >= 15 is 0 Å². The maximum Gasteiger partial charge on any atom is 0.237 e. The molecule has 0 aromatic carbocycles. The van der Waals surface area contributed by atoms with Gasteiger partial charge in [-0.15, -0.1) is 10.2 Å². The van der Waals surface area contributed by atoms with Gasteiger partial charge in [0.25, 0.3) is 0 Å². The minimum absolute atomic E-state index is 0.0399. The van der Waals surface area contributed by atoms with Gasteiger partial charge in [0.1, 0.15) is 6.54 Å². The van der Waals surface area contributed by atoms with E-state index in [2.05, 4.69) is 22.4 Å². The van der Waals surface area contributed by atoms with Crippen molar-refractivity contribution in [2.45, 2.75) is 50.4 Å². The Morgan fingerprint density at radius 2 is 2.19 bits per heavy atom. The zero-order chi connectivity index (χ0) is 18.5. The summed E-state index contributed by atoms with van der Waals surface area (Å²) in [5, 5.41) is 11.7. The summed E-state index contributed by atoms with van der Waals surface area (Å²) in [6.45, 7) is 2.10. The molecular formula is C17H23N5O3S. The van der Waals surface area contributed by atoms with Crippen molar-refractivity contribution in [3.05, 3.63) is 18.4 Å². The molecule has 2 heterocycles. The standard InChI is InChI=1S/C17H23N5O3S/c1-11-5-2-3-6-12(11)19-15(24)10-26-17-21-20-16(13-7-4-8-25-13)22(17)9-14(18)23/h4,7-8,11-12H,2-3,5-6,9-10H2,1H3,(H2,18,23)(H,19,24)/t11-,12-/m0/s1. The summed E-state index contributed by atoms with van der Waals surface area (Å²) >= 11 is 1.23. The van der Waals surface area contributed by atoms with Gasteiger partial charge in [-0.2, -0.15) is 0 Å². The van der Waals surface area contributed by atoms with Crippen LogP contribution in [0.15, 0.2) is 28.0 Å². The molecule has 2 aromatic rings. The third-order valence-corrected chi connectivity index (χ3v) is 5.53. The van der Waals surface area contributed by atoms with E-state index in [0.717, 1.165) is 19.3 Å². The van der Waals surface area contributed by atoms with Crippen LogP contribution in [0, 0.1) is 5.92 Å². The first-order valence-corrected chi connectivity index (χ1v) is 9.70. The van der Waals surface area contributed by atoms with Crippen molar-refractivity contribution in [1.82, 2.24) is 20.1 Å². The number of rotatable bonds is 7. The lowest BCUT2D eigenvalue weighted by Gasteiger charge is -2.29. The van der Waals surface area contributed by atoms with Crippen molar-refractivity contribution in [2.24, 2.45) is 11.7 Å². The number of primary amides is 1. The summed E-state index contributed by atoms with van der Waals surface area (Å²) in [5.41, 5.74) is 5.34. The first kappa shape index (κ1) is 18.5. The topological polar surface area (TPSA) is 116 Å². The Morgan fingerprint density at radius 3 is 2.88 bits per heavy atom. The molecule has 0 saturated heterocycles. The number of amides is 2. The summed E-state index contributed by atoms with van der Waals surface area (Å²) in [6.07, 6.45) is 6.08. The Hall–Kier alpha value is -2.29. The maximum atomic E-state index is 12.3. The van der Waals surface area contributed by atoms with Crippen molar-refractivity contribution < 1.29 is 14.0 Å². The van der Waals surface area contributed by atoms with E-state index in [0.29, 0.717) is 22.7 Å². The van der Waals surface area contributed by atoms with Crippen molar-refractivity contribution in [3.8, 4) is 11.6 Å². The molecule has 1 aliphatic carbocycles. The van der Waals surface area contributed by atoms with E-state index in [4.69, 9.17) is 10.2 Å². The highest BCUT2D eigenvalue weighted by atomic mass is 32.2. The first-order valence-electron chi connectivity index (χ1n) is 8.72. The highest BCUT2D eigenvalue weighted by Crippen LogP contribution is 2.26. The van der Waals surface area contributed by atoms with Crippen LogP contribution in [0.1, 0.15) is 32.6 Å². The minimum atomic E-state index is -0.514. The second kappa shape index (κ2) is 8.39. The Labute approximate surface area is 155 Å². The van der Waals surface area contributed by atoms with Gasteiger partial charge in [0.15, 0.2) is 10.9 Å². The molecule has 1 aliphatic rings. The maximum absolute atomic E-state index is 12.3. The highest BCUT2D eigenvalue weighted by Gasteiger charge is 2.23. The number of furan rings is 1. The molecule has 1 fully saturated rings. The molecule has 0 aliphatic heterocycles. The van der Waals surface area contributed by atoms with Gasteiger partial charge in [-0.05, 0) is 30.9 Å². The predicted molar refractivity (Wildman–Crippen MR) is 97.2 cm³/mol. The number of nitrogens with one attached hydrogen (secondary N) is 1. The van der Waals surface area contributed by atoms with Crippen molar-refractivity contribution >= 4 is 23.6 Å². The predicted octanol–water partition coefficient (Wildman–Crippen LogP) is 1.81. The quantitative estimate of drug-likeness (QED) is 0.711. The molecule has 0 spiro atoms. The normalized spacial score (nSPS) is 20.0. The molecule has 0 radical (unpaired) electrons. The van der Waals surface area contributed by atoms with E-state index in [-0.39, 0.29) is 24.2 Å². The van der Waals surface area contributed by atoms with E-state index in [1.807, 2.05) is 0 Å². The average Bonchev–Trinajstić information content (AvgIpc) is 3.24. The fraction of sp³-hybridized carbons (Fsp3) is 0.529. The molecule has 2 atom stereocenters. The van der Waals surface area contributed by atoms with Crippen LogP contribution < -0.4 is 11.1 Å². The third-order valence-electron chi connectivity index (χ3n) is 4.56. The molecule has 3 N–H and O–H groups in total. The third kappa shape index (κ3) is 4.46. The van der Waals surface area contributed by atoms with Crippen LogP contribution in [0.4, 0.5) is 0 Å². The molecule has 0 bridgehead atoms. The molecular weight excluding hydrogens is 354 g/mol. The van der Waals surface area contributed by atoms with Gasteiger partial charge in [-0.3, -0.25) is 14.2 Å². The molecule has 1 saturated carbocycles. The lowest BCUT2D eigenvalue weighted by atomic mass is 9.86. The summed E-state index contributed by atoms with van der Waals surface area (Å²) in [4.78, 5) is 23.7. The second-order valence-electron chi connectivity index (χ2n) is 6.56. The molecule has 2 aromatic heterocycles. The molecule has 0 unspecified atom stereocenters. The molecule has 9 heteroatoms. The van der Waals surface area contributed by atoms with E-state index < -0.39 is 5.91 Å². The smallest absolute Gasteiger partial charge is 0.237 e. The highest BCUT2D eigenvalue weighted by molar-refractivity contribution is 7.99. The minimum Gasteiger partial charge on any atom is -0.461 e. The zero-order valence-corrected chi connectivity index (χ0v) is 15.5. The molecule has 3 rings (SSSR count). The fourth-order valence-electron chi connectivity index (χ4n) is 3.19. The summed E-state index contributed by atoms with van der Waals surface area (Å²) < 4.78 is 6.90. The van der Waals surface area contributed by atoms with Crippen LogP contribution in [0.5, 0.6) is 0 Å². The van der Waals surface area contributed by atoms with Crippen LogP contribution in [0.3, 0.4) is 0 Å². The summed E-state index contributed by atoms with van der Waals surface area (Å²) in [5.74, 6) is 1.06. The van der Waals surface area contributed by atoms with Crippen molar-refractivity contribution in [1.29, 1.82) is 0 Å². The van der Waals surface area contributed by atoms with Crippen molar-refractivity contribution in [2.75, 3.05) is 5.75 Å². The number of carbonyl (C=O) groups is 2. The fourth-order valence-corrected chi connectivity index (χ4v) is 3.94. The molecule has 26 heavy (non-hydrogen) atoms. The zero-order valence-electron chi connectivity index (χ0n) is 14.7. The van der Waals surface area contributed by atoms with Crippen LogP contribution in [-0.4, -0.2) is 38.4 Å². The summed E-state index contributed by atoms with van der Waals surface area (Å²) in [7, 11) is 0. The van der Waals surface area contributed by atoms with E-state index in [1.165, 1.54) is 24.4 Å². The molecule has 140 valence electrons. The van der Waals surface area contributed by atoms with Crippen LogP contribution in [0.2, 0.25) is 0 Å². The molecule has 2 amide bonds. The Balaban J connectivity index is 1.65. The van der Waals surface area contributed by atoms with E-state index in [1.54, 1.807) is 16.7 Å². The van der Waals surface area contributed by atoms with Gasteiger partial charge >= 0.3 is 0 Å². The van der Waals surface area contributed by atoms with Gasteiger partial charge in [-0.1, -0.05) is 31.5 Å².